The minimum atomic E-state index is -0.147. The number of hydrogen-bond acceptors (Lipinski definition) is 7. The standard InChI is InChI=1S/C21H23NO6S/c1-24-16-11-18(26-3)17(25-2)10-14(16)21-22(6-7-29-21)20(23)9-13-4-5-15-19(8-13)28-12-27-15/h4-5,8,10-11,21H,6-7,9,12H2,1-3H3. The van der Waals surface area contributed by atoms with Crippen molar-refractivity contribution in [1.82, 2.24) is 4.90 Å². The average molecular weight is 417 g/mol. The van der Waals surface area contributed by atoms with Crippen LogP contribution in [-0.4, -0.2) is 51.2 Å². The van der Waals surface area contributed by atoms with E-state index in [0.29, 0.717) is 41.7 Å². The second-order valence-electron chi connectivity index (χ2n) is 6.62. The summed E-state index contributed by atoms with van der Waals surface area (Å²) in [6.07, 6.45) is 0.295. The molecule has 0 spiro atoms. The number of rotatable bonds is 6. The van der Waals surface area contributed by atoms with Gasteiger partial charge in [0.2, 0.25) is 12.7 Å². The van der Waals surface area contributed by atoms with Crippen LogP contribution < -0.4 is 23.7 Å². The Bertz CT molecular complexity index is 918. The van der Waals surface area contributed by atoms with Crippen LogP contribution in [0.3, 0.4) is 0 Å². The van der Waals surface area contributed by atoms with Crippen molar-refractivity contribution >= 4 is 17.7 Å². The zero-order valence-electron chi connectivity index (χ0n) is 16.6. The van der Waals surface area contributed by atoms with E-state index in [-0.39, 0.29) is 18.1 Å². The van der Waals surface area contributed by atoms with Gasteiger partial charge < -0.3 is 28.6 Å². The van der Waals surface area contributed by atoms with Crippen molar-refractivity contribution in [2.24, 2.45) is 0 Å². The van der Waals surface area contributed by atoms with Crippen LogP contribution in [0, 0.1) is 0 Å². The minimum Gasteiger partial charge on any atom is -0.496 e. The van der Waals surface area contributed by atoms with Crippen LogP contribution in [0.25, 0.3) is 0 Å². The summed E-state index contributed by atoms with van der Waals surface area (Å²) in [4.78, 5) is 15.0. The van der Waals surface area contributed by atoms with E-state index < -0.39 is 0 Å². The van der Waals surface area contributed by atoms with Gasteiger partial charge in [-0.3, -0.25) is 4.79 Å². The van der Waals surface area contributed by atoms with E-state index in [1.54, 1.807) is 39.2 Å². The number of carbonyl (C=O) groups is 1. The highest BCUT2D eigenvalue weighted by molar-refractivity contribution is 7.99. The van der Waals surface area contributed by atoms with Gasteiger partial charge in [-0.05, 0) is 23.8 Å². The number of carbonyl (C=O) groups excluding carboxylic acids is 1. The van der Waals surface area contributed by atoms with E-state index in [1.165, 1.54) is 0 Å². The molecule has 1 saturated heterocycles. The molecule has 2 aromatic rings. The quantitative estimate of drug-likeness (QED) is 0.715. The molecule has 0 N–H and O–H groups in total. The maximum Gasteiger partial charge on any atom is 0.231 e. The second-order valence-corrected chi connectivity index (χ2v) is 7.81. The molecule has 154 valence electrons. The summed E-state index contributed by atoms with van der Waals surface area (Å²) >= 11 is 1.71. The number of fused-ring (bicyclic) bond motifs is 1. The first-order chi connectivity index (χ1) is 14.1. The lowest BCUT2D eigenvalue weighted by molar-refractivity contribution is -0.130. The molecule has 2 aliphatic heterocycles. The SMILES string of the molecule is COc1cc(OC)c(C2SCCN2C(=O)Cc2ccc3c(c2)OCO3)cc1OC. The Morgan fingerprint density at radius 1 is 1.03 bits per heavy atom. The third-order valence-corrected chi connectivity index (χ3v) is 6.25. The molecule has 1 unspecified atom stereocenters. The fourth-order valence-corrected chi connectivity index (χ4v) is 4.85. The topological polar surface area (TPSA) is 66.5 Å². The molecule has 29 heavy (non-hydrogen) atoms. The molecule has 1 atom stereocenters. The number of ether oxygens (including phenoxy) is 5. The number of methoxy groups -OCH3 is 3. The van der Waals surface area contributed by atoms with E-state index in [1.807, 2.05) is 29.2 Å². The van der Waals surface area contributed by atoms with E-state index in [0.717, 1.165) is 16.9 Å². The van der Waals surface area contributed by atoms with Crippen LogP contribution in [0.15, 0.2) is 30.3 Å². The molecule has 1 amide bonds. The number of hydrogen-bond donors (Lipinski definition) is 0. The Morgan fingerprint density at radius 3 is 2.52 bits per heavy atom. The van der Waals surface area contributed by atoms with Gasteiger partial charge in [-0.2, -0.15) is 0 Å². The summed E-state index contributed by atoms with van der Waals surface area (Å²) in [6, 6.07) is 9.31. The third-order valence-electron chi connectivity index (χ3n) is 5.01. The first kappa shape index (κ1) is 19.6. The third kappa shape index (κ3) is 3.76. The van der Waals surface area contributed by atoms with Gasteiger partial charge in [0.1, 0.15) is 11.1 Å². The lowest BCUT2D eigenvalue weighted by Gasteiger charge is -2.26. The van der Waals surface area contributed by atoms with Crippen molar-refractivity contribution in [2.75, 3.05) is 40.4 Å². The van der Waals surface area contributed by atoms with Crippen molar-refractivity contribution in [1.29, 1.82) is 0 Å². The van der Waals surface area contributed by atoms with E-state index >= 15 is 0 Å². The summed E-state index contributed by atoms with van der Waals surface area (Å²) in [7, 11) is 4.80. The van der Waals surface area contributed by atoms with Gasteiger partial charge in [0, 0.05) is 23.9 Å². The van der Waals surface area contributed by atoms with Crippen LogP contribution in [0.5, 0.6) is 28.7 Å². The molecule has 2 heterocycles. The van der Waals surface area contributed by atoms with Gasteiger partial charge in [-0.1, -0.05) is 6.07 Å². The Labute approximate surface area is 173 Å². The van der Waals surface area contributed by atoms with E-state index in [4.69, 9.17) is 23.7 Å². The predicted octanol–water partition coefficient (Wildman–Crippen LogP) is 3.26. The highest BCUT2D eigenvalue weighted by Gasteiger charge is 2.33. The maximum atomic E-state index is 13.1. The lowest BCUT2D eigenvalue weighted by Crippen LogP contribution is -2.31. The van der Waals surface area contributed by atoms with Gasteiger partial charge in [0.25, 0.3) is 0 Å². The molecular formula is C21H23NO6S. The summed E-state index contributed by atoms with van der Waals surface area (Å²) < 4.78 is 27.2. The smallest absolute Gasteiger partial charge is 0.231 e. The van der Waals surface area contributed by atoms with Crippen LogP contribution in [0.1, 0.15) is 16.5 Å². The van der Waals surface area contributed by atoms with Gasteiger partial charge in [0.15, 0.2) is 23.0 Å². The predicted molar refractivity (Wildman–Crippen MR) is 109 cm³/mol. The maximum absolute atomic E-state index is 13.1. The lowest BCUT2D eigenvalue weighted by atomic mass is 10.1. The fourth-order valence-electron chi connectivity index (χ4n) is 3.56. The molecule has 0 aliphatic carbocycles. The highest BCUT2D eigenvalue weighted by Crippen LogP contribution is 2.46. The van der Waals surface area contributed by atoms with Crippen LogP contribution in [0.2, 0.25) is 0 Å². The Kier molecular flexibility index (Phi) is 5.62. The summed E-state index contributed by atoms with van der Waals surface area (Å²) in [5.74, 6) is 4.18. The molecule has 8 heteroatoms. The molecule has 0 saturated carbocycles. The van der Waals surface area contributed by atoms with Crippen LogP contribution >= 0.6 is 11.8 Å². The van der Waals surface area contributed by atoms with Gasteiger partial charge in [-0.25, -0.2) is 0 Å². The number of nitrogens with zero attached hydrogens (tertiary/aromatic N) is 1. The Morgan fingerprint density at radius 2 is 1.76 bits per heavy atom. The average Bonchev–Trinajstić information content (AvgIpc) is 3.41. The van der Waals surface area contributed by atoms with Crippen molar-refractivity contribution in [3.63, 3.8) is 0 Å². The van der Waals surface area contributed by atoms with Crippen LogP contribution in [-0.2, 0) is 11.2 Å². The molecule has 7 nitrogen and oxygen atoms in total. The summed E-state index contributed by atoms with van der Waals surface area (Å²) in [5, 5.41) is -0.147. The Hall–Kier alpha value is -2.74. The Balaban J connectivity index is 1.58. The molecule has 0 radical (unpaired) electrons. The van der Waals surface area contributed by atoms with Crippen molar-refractivity contribution in [2.45, 2.75) is 11.8 Å². The molecule has 1 fully saturated rings. The molecular weight excluding hydrogens is 394 g/mol. The molecule has 0 bridgehead atoms. The number of thioether (sulfide) groups is 1. The van der Waals surface area contributed by atoms with E-state index in [9.17, 15) is 4.79 Å². The second kappa shape index (κ2) is 8.32. The normalized spacial score (nSPS) is 17.3. The van der Waals surface area contributed by atoms with Crippen molar-refractivity contribution < 1.29 is 28.5 Å². The zero-order chi connectivity index (χ0) is 20.4. The summed E-state index contributed by atoms with van der Waals surface area (Å²) in [6.45, 7) is 0.896. The summed E-state index contributed by atoms with van der Waals surface area (Å²) in [5.41, 5.74) is 1.79. The van der Waals surface area contributed by atoms with Gasteiger partial charge >= 0.3 is 0 Å². The minimum absolute atomic E-state index is 0.0516. The first-order valence-electron chi connectivity index (χ1n) is 9.24. The van der Waals surface area contributed by atoms with Crippen LogP contribution in [0.4, 0.5) is 0 Å². The molecule has 2 aromatic carbocycles. The number of amides is 1. The van der Waals surface area contributed by atoms with Gasteiger partial charge in [-0.15, -0.1) is 11.8 Å². The first-order valence-corrected chi connectivity index (χ1v) is 10.3. The fraction of sp³-hybridized carbons (Fsp3) is 0.381. The zero-order valence-corrected chi connectivity index (χ0v) is 17.4. The monoisotopic (exact) mass is 417 g/mol. The molecule has 2 aliphatic rings. The molecule has 4 rings (SSSR count). The number of benzene rings is 2. The highest BCUT2D eigenvalue weighted by atomic mass is 32.2. The van der Waals surface area contributed by atoms with E-state index in [2.05, 4.69) is 0 Å². The molecule has 0 aromatic heterocycles. The van der Waals surface area contributed by atoms with Gasteiger partial charge in [0.05, 0.1) is 27.8 Å². The van der Waals surface area contributed by atoms with Crippen molar-refractivity contribution in [3.05, 3.63) is 41.5 Å². The largest absolute Gasteiger partial charge is 0.496 e. The van der Waals surface area contributed by atoms with Crippen molar-refractivity contribution in [3.8, 4) is 28.7 Å².